The number of fused-ring (bicyclic) bond motifs is 1. The van der Waals surface area contributed by atoms with Crippen molar-refractivity contribution < 1.29 is 4.74 Å². The van der Waals surface area contributed by atoms with Gasteiger partial charge in [0.05, 0.1) is 7.11 Å². The molecule has 0 bridgehead atoms. The first-order valence-corrected chi connectivity index (χ1v) is 6.75. The van der Waals surface area contributed by atoms with Gasteiger partial charge in [0.2, 0.25) is 0 Å². The molecule has 1 aromatic heterocycles. The number of H-pyrrole nitrogens is 1. The van der Waals surface area contributed by atoms with Crippen molar-refractivity contribution in [1.29, 1.82) is 0 Å². The van der Waals surface area contributed by atoms with Crippen LogP contribution in [0.4, 0.5) is 0 Å². The van der Waals surface area contributed by atoms with E-state index in [4.69, 9.17) is 4.74 Å². The molecule has 3 heteroatoms. The van der Waals surface area contributed by atoms with Crippen LogP contribution in [0.1, 0.15) is 11.1 Å². The molecule has 0 saturated carbocycles. The number of aromatic amines is 1. The number of nitrogens with one attached hydrogen (secondary N) is 2. The van der Waals surface area contributed by atoms with Crippen molar-refractivity contribution in [3.8, 4) is 5.75 Å². The number of para-hydroxylation sites is 1. The molecule has 0 radical (unpaired) electrons. The van der Waals surface area contributed by atoms with Gasteiger partial charge in [-0.25, -0.2) is 0 Å². The largest absolute Gasteiger partial charge is 0.497 e. The average molecular weight is 266 g/mol. The molecule has 2 aromatic carbocycles. The molecule has 0 saturated heterocycles. The normalized spacial score (nSPS) is 10.8. The van der Waals surface area contributed by atoms with Crippen LogP contribution in [0.3, 0.4) is 0 Å². The molecule has 20 heavy (non-hydrogen) atoms. The zero-order chi connectivity index (χ0) is 13.8. The predicted octanol–water partition coefficient (Wildman–Crippen LogP) is 3.47. The van der Waals surface area contributed by atoms with Crippen molar-refractivity contribution in [3.63, 3.8) is 0 Å². The van der Waals surface area contributed by atoms with E-state index in [0.29, 0.717) is 0 Å². The van der Waals surface area contributed by atoms with Crippen molar-refractivity contribution >= 4 is 10.9 Å². The summed E-state index contributed by atoms with van der Waals surface area (Å²) in [6.45, 7) is 1.71. The van der Waals surface area contributed by atoms with Gasteiger partial charge in [-0.15, -0.1) is 0 Å². The van der Waals surface area contributed by atoms with Crippen LogP contribution in [0.5, 0.6) is 5.75 Å². The number of aromatic nitrogens is 1. The van der Waals surface area contributed by atoms with Crippen molar-refractivity contribution in [3.05, 3.63) is 65.9 Å². The van der Waals surface area contributed by atoms with Gasteiger partial charge in [0.25, 0.3) is 0 Å². The van der Waals surface area contributed by atoms with Gasteiger partial charge in [0, 0.05) is 30.2 Å². The smallest absolute Gasteiger partial charge is 0.118 e. The SMILES string of the molecule is COc1ccc(CNCc2c[nH]c3ccccc23)cc1. The Bertz CT molecular complexity index is 686. The third kappa shape index (κ3) is 2.68. The van der Waals surface area contributed by atoms with E-state index < -0.39 is 0 Å². The molecule has 2 N–H and O–H groups in total. The Morgan fingerprint density at radius 2 is 1.80 bits per heavy atom. The van der Waals surface area contributed by atoms with Crippen molar-refractivity contribution in [1.82, 2.24) is 10.3 Å². The number of rotatable bonds is 5. The summed E-state index contributed by atoms with van der Waals surface area (Å²) in [5.41, 5.74) is 3.74. The molecule has 0 atom stereocenters. The lowest BCUT2D eigenvalue weighted by Crippen LogP contribution is -2.12. The van der Waals surface area contributed by atoms with Gasteiger partial charge >= 0.3 is 0 Å². The highest BCUT2D eigenvalue weighted by Crippen LogP contribution is 2.17. The first-order valence-electron chi connectivity index (χ1n) is 6.75. The quantitative estimate of drug-likeness (QED) is 0.742. The molecular weight excluding hydrogens is 248 g/mol. The van der Waals surface area contributed by atoms with Gasteiger partial charge in [0.15, 0.2) is 0 Å². The lowest BCUT2D eigenvalue weighted by Gasteiger charge is -2.05. The molecule has 0 spiro atoms. The lowest BCUT2D eigenvalue weighted by atomic mass is 10.1. The van der Waals surface area contributed by atoms with E-state index in [9.17, 15) is 0 Å². The minimum atomic E-state index is 0.851. The summed E-state index contributed by atoms with van der Waals surface area (Å²) in [6, 6.07) is 16.5. The third-order valence-electron chi connectivity index (χ3n) is 3.48. The summed E-state index contributed by atoms with van der Waals surface area (Å²) in [6.07, 6.45) is 2.08. The van der Waals surface area contributed by atoms with Crippen LogP contribution in [0.15, 0.2) is 54.7 Å². The van der Waals surface area contributed by atoms with Crippen LogP contribution in [0.25, 0.3) is 10.9 Å². The Hall–Kier alpha value is -2.26. The lowest BCUT2D eigenvalue weighted by molar-refractivity contribution is 0.414. The Morgan fingerprint density at radius 3 is 2.60 bits per heavy atom. The van der Waals surface area contributed by atoms with Crippen molar-refractivity contribution in [2.75, 3.05) is 7.11 Å². The van der Waals surface area contributed by atoms with E-state index in [-0.39, 0.29) is 0 Å². The molecule has 102 valence electrons. The monoisotopic (exact) mass is 266 g/mol. The first kappa shape index (κ1) is 12.8. The van der Waals surface area contributed by atoms with E-state index in [1.807, 2.05) is 18.2 Å². The number of hydrogen-bond donors (Lipinski definition) is 2. The van der Waals surface area contributed by atoms with E-state index in [1.165, 1.54) is 22.0 Å². The fourth-order valence-electron chi connectivity index (χ4n) is 2.36. The fourth-order valence-corrected chi connectivity index (χ4v) is 2.36. The van der Waals surface area contributed by atoms with E-state index >= 15 is 0 Å². The minimum Gasteiger partial charge on any atom is -0.497 e. The van der Waals surface area contributed by atoms with Crippen LogP contribution >= 0.6 is 0 Å². The molecule has 1 heterocycles. The van der Waals surface area contributed by atoms with Crippen LogP contribution < -0.4 is 10.1 Å². The van der Waals surface area contributed by atoms with Gasteiger partial charge in [-0.3, -0.25) is 0 Å². The maximum absolute atomic E-state index is 5.16. The maximum Gasteiger partial charge on any atom is 0.118 e. The second-order valence-corrected chi connectivity index (χ2v) is 4.81. The Labute approximate surface area is 118 Å². The number of hydrogen-bond acceptors (Lipinski definition) is 2. The maximum atomic E-state index is 5.16. The zero-order valence-electron chi connectivity index (χ0n) is 11.5. The Kier molecular flexibility index (Phi) is 3.70. The molecule has 0 aliphatic heterocycles. The predicted molar refractivity (Wildman–Crippen MR) is 81.8 cm³/mol. The summed E-state index contributed by atoms with van der Waals surface area (Å²) in [5.74, 6) is 0.894. The summed E-state index contributed by atoms with van der Waals surface area (Å²) >= 11 is 0. The highest BCUT2D eigenvalue weighted by molar-refractivity contribution is 5.82. The standard InChI is InChI=1S/C17H18N2O/c1-20-15-8-6-13(7-9-15)10-18-11-14-12-19-17-5-3-2-4-16(14)17/h2-9,12,18-19H,10-11H2,1H3. The third-order valence-corrected chi connectivity index (χ3v) is 3.48. The van der Waals surface area contributed by atoms with E-state index in [0.717, 1.165) is 18.8 Å². The zero-order valence-corrected chi connectivity index (χ0v) is 11.5. The van der Waals surface area contributed by atoms with Crippen LogP contribution in [-0.2, 0) is 13.1 Å². The molecule has 0 fully saturated rings. The fraction of sp³-hybridized carbons (Fsp3) is 0.176. The molecule has 0 aliphatic carbocycles. The summed E-state index contributed by atoms with van der Waals surface area (Å²) in [4.78, 5) is 3.30. The van der Waals surface area contributed by atoms with Crippen LogP contribution in [0.2, 0.25) is 0 Å². The number of methoxy groups -OCH3 is 1. The van der Waals surface area contributed by atoms with Crippen molar-refractivity contribution in [2.45, 2.75) is 13.1 Å². The highest BCUT2D eigenvalue weighted by atomic mass is 16.5. The van der Waals surface area contributed by atoms with Gasteiger partial charge in [0.1, 0.15) is 5.75 Å². The Morgan fingerprint density at radius 1 is 1.00 bits per heavy atom. The second-order valence-electron chi connectivity index (χ2n) is 4.81. The molecule has 3 rings (SSSR count). The summed E-state index contributed by atoms with van der Waals surface area (Å²) < 4.78 is 5.16. The molecular formula is C17H18N2O. The summed E-state index contributed by atoms with van der Waals surface area (Å²) in [5, 5.41) is 4.76. The van der Waals surface area contributed by atoms with Gasteiger partial charge < -0.3 is 15.0 Å². The molecule has 0 aliphatic rings. The van der Waals surface area contributed by atoms with Gasteiger partial charge in [-0.2, -0.15) is 0 Å². The Balaban J connectivity index is 1.62. The van der Waals surface area contributed by atoms with Crippen LogP contribution in [0, 0.1) is 0 Å². The number of benzene rings is 2. The van der Waals surface area contributed by atoms with Gasteiger partial charge in [-0.1, -0.05) is 30.3 Å². The molecule has 0 unspecified atom stereocenters. The minimum absolute atomic E-state index is 0.851. The first-order chi connectivity index (χ1) is 9.86. The summed E-state index contributed by atoms with van der Waals surface area (Å²) in [7, 11) is 1.68. The molecule has 3 aromatic rings. The molecule has 3 nitrogen and oxygen atoms in total. The van der Waals surface area contributed by atoms with E-state index in [2.05, 4.69) is 46.8 Å². The number of ether oxygens (including phenoxy) is 1. The van der Waals surface area contributed by atoms with Crippen LogP contribution in [-0.4, -0.2) is 12.1 Å². The second kappa shape index (κ2) is 5.80. The van der Waals surface area contributed by atoms with Crippen molar-refractivity contribution in [2.24, 2.45) is 0 Å². The topological polar surface area (TPSA) is 37.0 Å². The highest BCUT2D eigenvalue weighted by Gasteiger charge is 2.02. The van der Waals surface area contributed by atoms with E-state index in [1.54, 1.807) is 7.11 Å². The molecule has 0 amide bonds. The average Bonchev–Trinajstić information content (AvgIpc) is 2.92. The van der Waals surface area contributed by atoms with Gasteiger partial charge in [-0.05, 0) is 29.3 Å².